The van der Waals surface area contributed by atoms with E-state index < -0.39 is 0 Å². The molecule has 0 spiro atoms. The monoisotopic (exact) mass is 388 g/mol. The second kappa shape index (κ2) is 5.18. The number of nitrogens with zero attached hydrogens (tertiary/aromatic N) is 2. The molecule has 2 unspecified atom stereocenters. The van der Waals surface area contributed by atoms with Crippen LogP contribution in [0.3, 0.4) is 0 Å². The predicted molar refractivity (Wildman–Crippen MR) is 85.7 cm³/mol. The highest BCUT2D eigenvalue weighted by Gasteiger charge is 2.53. The zero-order chi connectivity index (χ0) is 13.6. The van der Waals surface area contributed by atoms with Gasteiger partial charge in [-0.25, -0.2) is 0 Å². The smallest absolute Gasteiger partial charge is 0.0766 e. The van der Waals surface area contributed by atoms with E-state index in [2.05, 4.69) is 50.4 Å². The first-order chi connectivity index (χ1) is 9.12. The quantitative estimate of drug-likeness (QED) is 0.673. The lowest BCUT2D eigenvalue weighted by atomic mass is 9.80. The molecule has 2 saturated carbocycles. The highest BCUT2D eigenvalue weighted by molar-refractivity contribution is 9.10. The van der Waals surface area contributed by atoms with Crippen molar-refractivity contribution in [1.82, 2.24) is 9.78 Å². The first-order valence-electron chi connectivity index (χ1n) is 7.42. The van der Waals surface area contributed by atoms with Gasteiger partial charge in [0, 0.05) is 11.9 Å². The molecule has 0 radical (unpaired) electrons. The van der Waals surface area contributed by atoms with Gasteiger partial charge in [-0.15, -0.1) is 0 Å². The second-order valence-electron chi connectivity index (χ2n) is 6.35. The van der Waals surface area contributed by atoms with Crippen molar-refractivity contribution in [3.05, 3.63) is 15.9 Å². The number of hydrogen-bond acceptors (Lipinski definition) is 1. The Balaban J connectivity index is 1.87. The van der Waals surface area contributed by atoms with Crippen LogP contribution in [0.1, 0.15) is 44.5 Å². The van der Waals surface area contributed by atoms with Crippen LogP contribution in [0.2, 0.25) is 0 Å². The molecule has 2 aliphatic rings. The molecular formula is C15H22Br2N2. The zero-order valence-electron chi connectivity index (χ0n) is 11.8. The van der Waals surface area contributed by atoms with Crippen molar-refractivity contribution in [2.45, 2.75) is 52.5 Å². The molecule has 1 aromatic rings. The third-order valence-electron chi connectivity index (χ3n) is 4.98. The summed E-state index contributed by atoms with van der Waals surface area (Å²) < 4.78 is 3.47. The predicted octanol–water partition coefficient (Wildman–Crippen LogP) is 4.58. The zero-order valence-corrected chi connectivity index (χ0v) is 14.9. The summed E-state index contributed by atoms with van der Waals surface area (Å²) in [5.41, 5.74) is 3.11. The number of aryl methyl sites for hydroxylation is 2. The minimum absolute atomic E-state index is 0.480. The number of hydrogen-bond donors (Lipinski definition) is 0. The fourth-order valence-corrected chi connectivity index (χ4v) is 5.21. The summed E-state index contributed by atoms with van der Waals surface area (Å²) >= 11 is 7.58. The van der Waals surface area contributed by atoms with Gasteiger partial charge >= 0.3 is 0 Å². The average molecular weight is 390 g/mol. The lowest BCUT2D eigenvalue weighted by molar-refractivity contribution is 0.299. The van der Waals surface area contributed by atoms with Gasteiger partial charge in [0.25, 0.3) is 0 Å². The molecule has 0 bridgehead atoms. The third-order valence-corrected chi connectivity index (χ3v) is 7.08. The Bertz CT molecular complexity index is 471. The number of rotatable bonds is 5. The Hall–Kier alpha value is 0.170. The Labute approximate surface area is 132 Å². The molecule has 0 N–H and O–H groups in total. The maximum absolute atomic E-state index is 4.74. The molecule has 1 heterocycles. The van der Waals surface area contributed by atoms with E-state index in [1.165, 1.54) is 41.5 Å². The van der Waals surface area contributed by atoms with E-state index in [0.717, 1.165) is 30.1 Å². The molecule has 0 aromatic carbocycles. The molecule has 106 valence electrons. The molecule has 2 nitrogen and oxygen atoms in total. The van der Waals surface area contributed by atoms with E-state index >= 15 is 0 Å². The first kappa shape index (κ1) is 14.1. The molecule has 2 aliphatic carbocycles. The highest BCUT2D eigenvalue weighted by Crippen LogP contribution is 2.61. The summed E-state index contributed by atoms with van der Waals surface area (Å²) in [6.07, 6.45) is 6.49. The lowest BCUT2D eigenvalue weighted by Gasteiger charge is -2.29. The fourth-order valence-electron chi connectivity index (χ4n) is 3.85. The van der Waals surface area contributed by atoms with Crippen LogP contribution in [0, 0.1) is 17.3 Å². The number of alkyl halides is 1. The van der Waals surface area contributed by atoms with E-state index in [4.69, 9.17) is 5.10 Å². The van der Waals surface area contributed by atoms with Crippen LogP contribution in [0.15, 0.2) is 4.47 Å². The maximum atomic E-state index is 4.74. The summed E-state index contributed by atoms with van der Waals surface area (Å²) in [5.74, 6) is 2.06. The highest BCUT2D eigenvalue weighted by atomic mass is 79.9. The minimum Gasteiger partial charge on any atom is -0.268 e. The van der Waals surface area contributed by atoms with Gasteiger partial charge < -0.3 is 0 Å². The van der Waals surface area contributed by atoms with E-state index in [-0.39, 0.29) is 0 Å². The summed E-state index contributed by atoms with van der Waals surface area (Å²) in [7, 11) is 0. The largest absolute Gasteiger partial charge is 0.268 e. The molecule has 3 rings (SSSR count). The van der Waals surface area contributed by atoms with Crippen molar-refractivity contribution >= 4 is 31.9 Å². The number of halogens is 2. The van der Waals surface area contributed by atoms with Gasteiger partial charge in [0.05, 0.1) is 15.9 Å². The van der Waals surface area contributed by atoms with E-state index in [9.17, 15) is 0 Å². The van der Waals surface area contributed by atoms with Crippen molar-refractivity contribution in [2.75, 3.05) is 5.33 Å². The van der Waals surface area contributed by atoms with Gasteiger partial charge in [-0.05, 0) is 72.2 Å². The Morgan fingerprint density at radius 1 is 1.32 bits per heavy atom. The molecule has 4 heteroatoms. The van der Waals surface area contributed by atoms with Crippen molar-refractivity contribution < 1.29 is 0 Å². The van der Waals surface area contributed by atoms with Crippen LogP contribution in [-0.2, 0) is 19.4 Å². The van der Waals surface area contributed by atoms with Crippen LogP contribution in [-0.4, -0.2) is 15.1 Å². The topological polar surface area (TPSA) is 17.8 Å². The Morgan fingerprint density at radius 2 is 2.00 bits per heavy atom. The number of aromatic nitrogens is 2. The molecule has 0 saturated heterocycles. The lowest BCUT2D eigenvalue weighted by Crippen LogP contribution is -2.25. The van der Waals surface area contributed by atoms with Gasteiger partial charge in [-0.3, -0.25) is 4.68 Å². The molecule has 0 aliphatic heterocycles. The van der Waals surface area contributed by atoms with Gasteiger partial charge in [0.1, 0.15) is 0 Å². The second-order valence-corrected chi connectivity index (χ2v) is 7.70. The molecule has 1 aromatic heterocycles. The standard InChI is InChI=1S/C15H22Br2N2/c1-3-12-14(17)13(19(4-2)18-12)8-15(9-16)6-10-5-11(10)7-15/h10-11H,3-9H2,1-2H3. The summed E-state index contributed by atoms with van der Waals surface area (Å²) in [5, 5.41) is 5.87. The van der Waals surface area contributed by atoms with E-state index in [1.807, 2.05) is 0 Å². The van der Waals surface area contributed by atoms with Crippen LogP contribution < -0.4 is 0 Å². The van der Waals surface area contributed by atoms with Crippen LogP contribution in [0.25, 0.3) is 0 Å². The molecular weight excluding hydrogens is 368 g/mol. The SMILES string of the molecule is CCc1nn(CC)c(CC2(CBr)CC3CC3C2)c1Br. The Kier molecular flexibility index (Phi) is 3.85. The normalized spacial score (nSPS) is 32.6. The van der Waals surface area contributed by atoms with E-state index in [1.54, 1.807) is 0 Å². The van der Waals surface area contributed by atoms with Crippen molar-refractivity contribution in [3.8, 4) is 0 Å². The van der Waals surface area contributed by atoms with Crippen LogP contribution in [0.5, 0.6) is 0 Å². The van der Waals surface area contributed by atoms with Crippen molar-refractivity contribution in [3.63, 3.8) is 0 Å². The molecule has 2 fully saturated rings. The van der Waals surface area contributed by atoms with Gasteiger partial charge in [-0.2, -0.15) is 5.10 Å². The van der Waals surface area contributed by atoms with Crippen LogP contribution >= 0.6 is 31.9 Å². The van der Waals surface area contributed by atoms with Crippen molar-refractivity contribution in [1.29, 1.82) is 0 Å². The molecule has 2 atom stereocenters. The summed E-state index contributed by atoms with van der Waals surface area (Å²) in [4.78, 5) is 0. The molecule has 19 heavy (non-hydrogen) atoms. The van der Waals surface area contributed by atoms with E-state index in [0.29, 0.717) is 5.41 Å². The fraction of sp³-hybridized carbons (Fsp3) is 0.800. The minimum atomic E-state index is 0.480. The maximum Gasteiger partial charge on any atom is 0.0766 e. The number of fused-ring (bicyclic) bond motifs is 1. The van der Waals surface area contributed by atoms with Gasteiger partial charge in [-0.1, -0.05) is 22.9 Å². The summed E-state index contributed by atoms with van der Waals surface area (Å²) in [6, 6.07) is 0. The molecule has 0 amide bonds. The third kappa shape index (κ3) is 2.44. The van der Waals surface area contributed by atoms with Crippen LogP contribution in [0.4, 0.5) is 0 Å². The first-order valence-corrected chi connectivity index (χ1v) is 9.34. The van der Waals surface area contributed by atoms with Gasteiger partial charge in [0.2, 0.25) is 0 Å². The van der Waals surface area contributed by atoms with Crippen molar-refractivity contribution in [2.24, 2.45) is 17.3 Å². The average Bonchev–Trinajstić information content (AvgIpc) is 2.92. The summed E-state index contributed by atoms with van der Waals surface area (Å²) in [6.45, 7) is 5.34. The Morgan fingerprint density at radius 3 is 2.53 bits per heavy atom. The van der Waals surface area contributed by atoms with Gasteiger partial charge in [0.15, 0.2) is 0 Å².